The minimum atomic E-state index is 0.317. The molecule has 7 nitrogen and oxygen atoms in total. The van der Waals surface area contributed by atoms with E-state index >= 15 is 0 Å². The number of benzene rings is 1. The number of guanidine groups is 1. The van der Waals surface area contributed by atoms with Gasteiger partial charge in [-0.2, -0.15) is 5.26 Å². The first kappa shape index (κ1) is 14.5. The zero-order chi connectivity index (χ0) is 15.1. The third-order valence-corrected chi connectivity index (χ3v) is 3.22. The Balaban J connectivity index is 2.19. The van der Waals surface area contributed by atoms with E-state index in [0.29, 0.717) is 11.1 Å². The van der Waals surface area contributed by atoms with Crippen molar-refractivity contribution in [2.75, 3.05) is 12.4 Å². The molecule has 0 amide bonds. The van der Waals surface area contributed by atoms with Gasteiger partial charge in [0.05, 0.1) is 11.4 Å². The summed E-state index contributed by atoms with van der Waals surface area (Å²) < 4.78 is 0. The molecule has 1 aromatic carbocycles. The number of nitrogens with zero attached hydrogens (tertiary/aromatic N) is 4. The maximum absolute atomic E-state index is 8.38. The van der Waals surface area contributed by atoms with E-state index in [9.17, 15) is 0 Å². The van der Waals surface area contributed by atoms with E-state index in [-0.39, 0.29) is 0 Å². The van der Waals surface area contributed by atoms with Crippen LogP contribution in [-0.2, 0) is 0 Å². The Labute approximate surface area is 125 Å². The van der Waals surface area contributed by atoms with Gasteiger partial charge in [-0.15, -0.1) is 11.3 Å². The number of hydrogen-bond donors (Lipinski definition) is 3. The standard InChI is InChI=1S/C13H13N7S/c1-16-12(15)20-13-19-11(6-21-13)9-3-2-4-10(5-9)18-8-17-7-14/h2-6,8H,1H3,(H,17,18)(H3,15,16,19,20). The fourth-order valence-corrected chi connectivity index (χ4v) is 2.24. The summed E-state index contributed by atoms with van der Waals surface area (Å²) in [5.74, 6) is 0.317. The minimum Gasteiger partial charge on any atom is -0.370 e. The van der Waals surface area contributed by atoms with Gasteiger partial charge in [-0.05, 0) is 12.1 Å². The summed E-state index contributed by atoms with van der Waals surface area (Å²) in [5, 5.41) is 16.2. The van der Waals surface area contributed by atoms with Gasteiger partial charge < -0.3 is 11.1 Å². The van der Waals surface area contributed by atoms with Crippen LogP contribution in [0.25, 0.3) is 11.3 Å². The number of hydrogen-bond acceptors (Lipinski definition) is 5. The summed E-state index contributed by atoms with van der Waals surface area (Å²) in [6.45, 7) is 0. The molecular formula is C13H13N7S. The van der Waals surface area contributed by atoms with E-state index in [1.807, 2.05) is 29.6 Å². The maximum atomic E-state index is 8.38. The lowest BCUT2D eigenvalue weighted by molar-refractivity contribution is 1.29. The SMILES string of the molecule is CN=C(N)Nc1nc(-c2cccc(N=CNC#N)c2)cs1. The van der Waals surface area contributed by atoms with Crippen molar-refractivity contribution >= 4 is 34.5 Å². The molecule has 21 heavy (non-hydrogen) atoms. The minimum absolute atomic E-state index is 0.317. The first-order valence-electron chi connectivity index (χ1n) is 5.95. The molecule has 0 unspecified atom stereocenters. The predicted octanol–water partition coefficient (Wildman–Crippen LogP) is 1.90. The molecule has 4 N–H and O–H groups in total. The first-order chi connectivity index (χ1) is 10.2. The summed E-state index contributed by atoms with van der Waals surface area (Å²) in [6, 6.07) is 7.54. The molecule has 1 heterocycles. The molecule has 8 heteroatoms. The Morgan fingerprint density at radius 3 is 3.14 bits per heavy atom. The second-order valence-electron chi connectivity index (χ2n) is 3.84. The monoisotopic (exact) mass is 299 g/mol. The van der Waals surface area contributed by atoms with Crippen LogP contribution in [0.1, 0.15) is 0 Å². The lowest BCUT2D eigenvalue weighted by atomic mass is 10.1. The predicted molar refractivity (Wildman–Crippen MR) is 85.6 cm³/mol. The van der Waals surface area contributed by atoms with Gasteiger partial charge >= 0.3 is 0 Å². The van der Waals surface area contributed by atoms with Crippen LogP contribution in [0.3, 0.4) is 0 Å². The van der Waals surface area contributed by atoms with Crippen molar-refractivity contribution in [1.82, 2.24) is 10.3 Å². The van der Waals surface area contributed by atoms with Gasteiger partial charge in [-0.25, -0.2) is 9.98 Å². The number of nitrogens with one attached hydrogen (secondary N) is 2. The summed E-state index contributed by atoms with van der Waals surface area (Å²) in [6.07, 6.45) is 3.11. The summed E-state index contributed by atoms with van der Waals surface area (Å²) in [7, 11) is 1.60. The van der Waals surface area contributed by atoms with Gasteiger partial charge in [-0.1, -0.05) is 12.1 Å². The van der Waals surface area contributed by atoms with E-state index in [0.717, 1.165) is 16.9 Å². The van der Waals surface area contributed by atoms with E-state index < -0.39 is 0 Å². The van der Waals surface area contributed by atoms with Gasteiger partial charge in [0.15, 0.2) is 17.3 Å². The smallest absolute Gasteiger partial charge is 0.194 e. The molecule has 1 aromatic heterocycles. The molecule has 106 valence electrons. The van der Waals surface area contributed by atoms with Crippen LogP contribution in [-0.4, -0.2) is 24.3 Å². The fraction of sp³-hybridized carbons (Fsp3) is 0.0769. The van der Waals surface area contributed by atoms with Crippen molar-refractivity contribution in [1.29, 1.82) is 5.26 Å². The van der Waals surface area contributed by atoms with E-state index in [2.05, 4.69) is 25.6 Å². The molecule has 0 saturated heterocycles. The molecule has 0 aliphatic carbocycles. The van der Waals surface area contributed by atoms with Crippen LogP contribution in [0.4, 0.5) is 10.8 Å². The highest BCUT2D eigenvalue weighted by Crippen LogP contribution is 2.27. The highest BCUT2D eigenvalue weighted by atomic mass is 32.1. The number of nitrogens with two attached hydrogens (primary N) is 1. The molecule has 0 aliphatic rings. The van der Waals surface area contributed by atoms with Gasteiger partial charge in [-0.3, -0.25) is 10.3 Å². The molecule has 2 rings (SSSR count). The van der Waals surface area contributed by atoms with Gasteiger partial charge in [0.2, 0.25) is 0 Å². The summed E-state index contributed by atoms with van der Waals surface area (Å²) in [4.78, 5) is 12.4. The van der Waals surface area contributed by atoms with Crippen molar-refractivity contribution < 1.29 is 0 Å². The molecule has 0 fully saturated rings. The summed E-state index contributed by atoms with van der Waals surface area (Å²) >= 11 is 1.44. The topological polar surface area (TPSA) is 111 Å². The van der Waals surface area contributed by atoms with Crippen LogP contribution in [0.5, 0.6) is 0 Å². The fourth-order valence-electron chi connectivity index (χ4n) is 1.51. The highest BCUT2D eigenvalue weighted by molar-refractivity contribution is 7.14. The van der Waals surface area contributed by atoms with Crippen molar-refractivity contribution in [3.05, 3.63) is 29.6 Å². The quantitative estimate of drug-likeness (QED) is 0.345. The third-order valence-electron chi connectivity index (χ3n) is 2.46. The van der Waals surface area contributed by atoms with Crippen LogP contribution < -0.4 is 16.4 Å². The zero-order valence-corrected chi connectivity index (χ0v) is 12.1. The number of rotatable bonds is 4. The Morgan fingerprint density at radius 1 is 1.52 bits per heavy atom. The lowest BCUT2D eigenvalue weighted by Crippen LogP contribution is -2.21. The average molecular weight is 299 g/mol. The number of anilines is 1. The van der Waals surface area contributed by atoms with Crippen molar-refractivity contribution in [2.24, 2.45) is 15.7 Å². The Bertz CT molecular complexity index is 711. The molecule has 0 saturated carbocycles. The molecule has 0 atom stereocenters. The largest absolute Gasteiger partial charge is 0.370 e. The van der Waals surface area contributed by atoms with Crippen LogP contribution in [0.15, 0.2) is 39.6 Å². The molecule has 0 radical (unpaired) electrons. The second kappa shape index (κ2) is 7.02. The maximum Gasteiger partial charge on any atom is 0.194 e. The molecule has 0 bridgehead atoms. The van der Waals surface area contributed by atoms with E-state index in [4.69, 9.17) is 11.0 Å². The Kier molecular flexibility index (Phi) is 4.84. The van der Waals surface area contributed by atoms with Crippen molar-refractivity contribution in [3.8, 4) is 17.5 Å². The number of nitriles is 1. The van der Waals surface area contributed by atoms with Crippen molar-refractivity contribution in [3.63, 3.8) is 0 Å². The molecular weight excluding hydrogens is 286 g/mol. The third kappa shape index (κ3) is 4.02. The van der Waals surface area contributed by atoms with Gasteiger partial charge in [0.25, 0.3) is 0 Å². The second-order valence-corrected chi connectivity index (χ2v) is 4.69. The zero-order valence-electron chi connectivity index (χ0n) is 11.2. The van der Waals surface area contributed by atoms with E-state index in [1.54, 1.807) is 13.2 Å². The van der Waals surface area contributed by atoms with E-state index in [1.165, 1.54) is 17.7 Å². The molecule has 2 aromatic rings. The first-order valence-corrected chi connectivity index (χ1v) is 6.83. The number of aliphatic imine (C=N–C) groups is 2. The van der Waals surface area contributed by atoms with Gasteiger partial charge in [0.1, 0.15) is 6.34 Å². The molecule has 0 aliphatic heterocycles. The number of aromatic nitrogens is 1. The number of thiazole rings is 1. The van der Waals surface area contributed by atoms with Gasteiger partial charge in [0, 0.05) is 18.0 Å². The van der Waals surface area contributed by atoms with Crippen LogP contribution in [0, 0.1) is 11.5 Å². The van der Waals surface area contributed by atoms with Crippen LogP contribution >= 0.6 is 11.3 Å². The Hall–Kier alpha value is -2.92. The average Bonchev–Trinajstić information content (AvgIpc) is 2.96. The molecule has 0 spiro atoms. The van der Waals surface area contributed by atoms with Crippen LogP contribution in [0.2, 0.25) is 0 Å². The normalized spacial score (nSPS) is 11.3. The lowest BCUT2D eigenvalue weighted by Gasteiger charge is -2.00. The highest BCUT2D eigenvalue weighted by Gasteiger charge is 2.05. The van der Waals surface area contributed by atoms with Crippen molar-refractivity contribution in [2.45, 2.75) is 0 Å². The summed E-state index contributed by atoms with van der Waals surface area (Å²) in [5.41, 5.74) is 8.07. The Morgan fingerprint density at radius 2 is 2.38 bits per heavy atom.